The summed E-state index contributed by atoms with van der Waals surface area (Å²) in [5.74, 6) is 1.35. The third-order valence-corrected chi connectivity index (χ3v) is 5.14. The summed E-state index contributed by atoms with van der Waals surface area (Å²) in [4.78, 5) is 18.5. The number of aromatic nitrogens is 3. The molecule has 5 nitrogen and oxygen atoms in total. The van der Waals surface area contributed by atoms with Gasteiger partial charge < -0.3 is 4.74 Å². The highest BCUT2D eigenvalue weighted by atomic mass is 32.1. The van der Waals surface area contributed by atoms with Crippen molar-refractivity contribution >= 4 is 33.7 Å². The Balaban J connectivity index is 1.82. The molecule has 0 aliphatic heterocycles. The Morgan fingerprint density at radius 1 is 1.26 bits per heavy atom. The second-order valence-electron chi connectivity index (χ2n) is 4.80. The van der Waals surface area contributed by atoms with Crippen LogP contribution in [0.15, 0.2) is 46.6 Å². The molecule has 0 N–H and O–H groups in total. The number of benzene rings is 1. The van der Waals surface area contributed by atoms with Crippen LogP contribution in [0.4, 0.5) is 0 Å². The summed E-state index contributed by atoms with van der Waals surface area (Å²) >= 11 is 2.89. The molecule has 23 heavy (non-hydrogen) atoms. The van der Waals surface area contributed by atoms with Crippen LogP contribution in [0.1, 0.15) is 5.56 Å². The second-order valence-corrected chi connectivity index (χ2v) is 6.76. The molecule has 0 aliphatic carbocycles. The number of ether oxygens (including phenoxy) is 1. The normalized spacial score (nSPS) is 12.1. The molecule has 1 aromatic carbocycles. The SMILES string of the molecule is COc1cccc(/C=c2\sc3nc(-c4cccs4)nn3c2=O)c1. The fraction of sp³-hybridized carbons (Fsp3) is 0.0625. The van der Waals surface area contributed by atoms with Crippen LogP contribution >= 0.6 is 22.7 Å². The van der Waals surface area contributed by atoms with Gasteiger partial charge >= 0.3 is 0 Å². The Bertz CT molecular complexity index is 1080. The Kier molecular flexibility index (Phi) is 3.44. The lowest BCUT2D eigenvalue weighted by Gasteiger charge is -1.99. The van der Waals surface area contributed by atoms with Crippen LogP contribution in [-0.2, 0) is 0 Å². The lowest BCUT2D eigenvalue weighted by Crippen LogP contribution is -2.23. The molecule has 0 atom stereocenters. The van der Waals surface area contributed by atoms with Crippen LogP contribution < -0.4 is 14.8 Å². The Labute approximate surface area is 139 Å². The fourth-order valence-corrected chi connectivity index (χ4v) is 3.79. The summed E-state index contributed by atoms with van der Waals surface area (Å²) in [7, 11) is 1.62. The first kappa shape index (κ1) is 14.1. The van der Waals surface area contributed by atoms with E-state index in [9.17, 15) is 4.79 Å². The zero-order valence-corrected chi connectivity index (χ0v) is 13.7. The topological polar surface area (TPSA) is 56.5 Å². The van der Waals surface area contributed by atoms with E-state index >= 15 is 0 Å². The molecule has 0 amide bonds. The van der Waals surface area contributed by atoms with E-state index in [1.54, 1.807) is 18.4 Å². The average Bonchev–Trinajstić information content (AvgIpc) is 3.27. The van der Waals surface area contributed by atoms with E-state index in [1.807, 2.05) is 47.9 Å². The van der Waals surface area contributed by atoms with E-state index in [0.29, 0.717) is 15.3 Å². The van der Waals surface area contributed by atoms with E-state index < -0.39 is 0 Å². The maximum absolute atomic E-state index is 12.5. The monoisotopic (exact) mass is 341 g/mol. The Hall–Kier alpha value is -2.51. The van der Waals surface area contributed by atoms with Crippen LogP contribution in [0.25, 0.3) is 21.7 Å². The smallest absolute Gasteiger partial charge is 0.291 e. The number of thiazole rings is 1. The minimum Gasteiger partial charge on any atom is -0.497 e. The van der Waals surface area contributed by atoms with Gasteiger partial charge in [-0.1, -0.05) is 29.5 Å². The molecule has 0 radical (unpaired) electrons. The summed E-state index contributed by atoms with van der Waals surface area (Å²) in [5.41, 5.74) is 0.757. The number of nitrogens with zero attached hydrogens (tertiary/aromatic N) is 3. The first-order chi connectivity index (χ1) is 11.2. The van der Waals surface area contributed by atoms with Gasteiger partial charge in [-0.3, -0.25) is 4.79 Å². The van der Waals surface area contributed by atoms with Gasteiger partial charge in [0.15, 0.2) is 5.82 Å². The number of hydrogen-bond donors (Lipinski definition) is 0. The molecular weight excluding hydrogens is 330 g/mol. The van der Waals surface area contributed by atoms with Crippen LogP contribution in [0, 0.1) is 0 Å². The van der Waals surface area contributed by atoms with E-state index in [0.717, 1.165) is 16.2 Å². The van der Waals surface area contributed by atoms with Crippen molar-refractivity contribution in [2.24, 2.45) is 0 Å². The van der Waals surface area contributed by atoms with Crippen molar-refractivity contribution in [1.82, 2.24) is 14.6 Å². The molecule has 4 rings (SSSR count). The van der Waals surface area contributed by atoms with Crippen LogP contribution in [0.2, 0.25) is 0 Å². The summed E-state index contributed by atoms with van der Waals surface area (Å²) in [6, 6.07) is 11.4. The third kappa shape index (κ3) is 2.54. The Morgan fingerprint density at radius 2 is 2.17 bits per heavy atom. The van der Waals surface area contributed by atoms with E-state index in [-0.39, 0.29) is 5.56 Å². The number of thiophene rings is 1. The maximum Gasteiger partial charge on any atom is 0.291 e. The number of methoxy groups -OCH3 is 1. The molecule has 114 valence electrons. The lowest BCUT2D eigenvalue weighted by atomic mass is 10.2. The molecule has 0 unspecified atom stereocenters. The average molecular weight is 341 g/mol. The summed E-state index contributed by atoms with van der Waals surface area (Å²) in [6.07, 6.45) is 1.83. The molecule has 7 heteroatoms. The highest BCUT2D eigenvalue weighted by Crippen LogP contribution is 2.21. The minimum atomic E-state index is -0.150. The maximum atomic E-state index is 12.5. The molecule has 0 spiro atoms. The van der Waals surface area contributed by atoms with Crippen LogP contribution in [0.3, 0.4) is 0 Å². The van der Waals surface area contributed by atoms with Crippen molar-refractivity contribution in [3.63, 3.8) is 0 Å². The molecular formula is C16H11N3O2S2. The number of fused-ring (bicyclic) bond motifs is 1. The van der Waals surface area contributed by atoms with Gasteiger partial charge in [0.25, 0.3) is 5.56 Å². The van der Waals surface area contributed by atoms with E-state index in [2.05, 4.69) is 10.1 Å². The summed E-state index contributed by atoms with van der Waals surface area (Å²) in [5, 5.41) is 6.28. The largest absolute Gasteiger partial charge is 0.497 e. The zero-order valence-electron chi connectivity index (χ0n) is 12.1. The zero-order chi connectivity index (χ0) is 15.8. The van der Waals surface area contributed by atoms with Crippen molar-refractivity contribution in [3.05, 3.63) is 62.2 Å². The Morgan fingerprint density at radius 3 is 2.91 bits per heavy atom. The lowest BCUT2D eigenvalue weighted by molar-refractivity contribution is 0.414. The summed E-state index contributed by atoms with van der Waals surface area (Å²) < 4.78 is 7.17. The van der Waals surface area contributed by atoms with Crippen molar-refractivity contribution in [1.29, 1.82) is 0 Å². The predicted molar refractivity (Wildman–Crippen MR) is 92.2 cm³/mol. The first-order valence-electron chi connectivity index (χ1n) is 6.84. The molecule has 0 bridgehead atoms. The molecule has 0 aliphatic rings. The summed E-state index contributed by atoms with van der Waals surface area (Å²) in [6.45, 7) is 0. The number of rotatable bonds is 3. The van der Waals surface area contributed by atoms with Gasteiger partial charge in [-0.25, -0.2) is 0 Å². The molecule has 3 aromatic heterocycles. The first-order valence-corrected chi connectivity index (χ1v) is 8.53. The van der Waals surface area contributed by atoms with E-state index in [4.69, 9.17) is 4.74 Å². The van der Waals surface area contributed by atoms with Crippen molar-refractivity contribution in [2.45, 2.75) is 0 Å². The highest BCUT2D eigenvalue weighted by Gasteiger charge is 2.12. The quantitative estimate of drug-likeness (QED) is 0.574. The minimum absolute atomic E-state index is 0.150. The predicted octanol–water partition coefficient (Wildman–Crippen LogP) is 2.44. The molecule has 0 fully saturated rings. The van der Waals surface area contributed by atoms with Crippen molar-refractivity contribution in [2.75, 3.05) is 7.11 Å². The molecule has 3 heterocycles. The van der Waals surface area contributed by atoms with Gasteiger partial charge in [0, 0.05) is 0 Å². The van der Waals surface area contributed by atoms with Crippen molar-refractivity contribution < 1.29 is 4.74 Å². The molecule has 0 saturated carbocycles. The van der Waals surface area contributed by atoms with Gasteiger partial charge in [-0.2, -0.15) is 9.50 Å². The van der Waals surface area contributed by atoms with Gasteiger partial charge in [0.05, 0.1) is 16.5 Å². The number of hydrogen-bond acceptors (Lipinski definition) is 6. The van der Waals surface area contributed by atoms with Crippen LogP contribution in [-0.4, -0.2) is 21.7 Å². The second kappa shape index (κ2) is 5.60. The van der Waals surface area contributed by atoms with E-state index in [1.165, 1.54) is 15.9 Å². The molecule has 0 saturated heterocycles. The fourth-order valence-electron chi connectivity index (χ4n) is 2.23. The molecule has 4 aromatic rings. The standard InChI is InChI=1S/C16H11N3O2S2/c1-21-11-5-2-4-10(8-11)9-13-15(20)19-16(23-13)17-14(18-19)12-6-3-7-22-12/h2-9H,1H3/b13-9-. The third-order valence-electron chi connectivity index (χ3n) is 3.31. The van der Waals surface area contributed by atoms with Crippen molar-refractivity contribution in [3.8, 4) is 16.5 Å². The highest BCUT2D eigenvalue weighted by molar-refractivity contribution is 7.15. The van der Waals surface area contributed by atoms with Crippen LogP contribution in [0.5, 0.6) is 5.75 Å². The van der Waals surface area contributed by atoms with Gasteiger partial charge in [0.1, 0.15) is 5.75 Å². The van der Waals surface area contributed by atoms with Gasteiger partial charge in [-0.15, -0.1) is 16.4 Å². The van der Waals surface area contributed by atoms with Gasteiger partial charge in [-0.05, 0) is 35.2 Å². The van der Waals surface area contributed by atoms with Gasteiger partial charge in [0.2, 0.25) is 4.96 Å².